The van der Waals surface area contributed by atoms with Crippen molar-refractivity contribution in [3.63, 3.8) is 0 Å². The minimum atomic E-state index is -1.13. The lowest BCUT2D eigenvalue weighted by Gasteiger charge is -2.28. The molecule has 2 amide bonds. The van der Waals surface area contributed by atoms with E-state index in [0.29, 0.717) is 18.5 Å². The van der Waals surface area contributed by atoms with Crippen LogP contribution >= 0.6 is 15.9 Å². The molecule has 0 bridgehead atoms. The molecule has 1 aliphatic heterocycles. The Morgan fingerprint density at radius 2 is 1.83 bits per heavy atom. The van der Waals surface area contributed by atoms with Crippen LogP contribution in [0.25, 0.3) is 5.69 Å². The number of aromatic nitrogens is 2. The van der Waals surface area contributed by atoms with Gasteiger partial charge in [0.1, 0.15) is 5.82 Å². The number of nitrogens with one attached hydrogen (secondary N) is 1. The fourth-order valence-corrected chi connectivity index (χ4v) is 3.72. The number of carboxylic acids is 1. The average Bonchev–Trinajstić information content (AvgIpc) is 3.13. The largest absolute Gasteiger partial charge is 0.476 e. The maximum atomic E-state index is 13.0. The Bertz CT molecular complexity index is 1100. The van der Waals surface area contributed by atoms with Crippen LogP contribution in [-0.4, -0.2) is 38.3 Å². The molecule has 2 heterocycles. The molecule has 0 saturated carbocycles. The van der Waals surface area contributed by atoms with Crippen molar-refractivity contribution in [3.8, 4) is 5.69 Å². The smallest absolute Gasteiger partial charge is 0.356 e. The van der Waals surface area contributed by atoms with Gasteiger partial charge in [0.2, 0.25) is 0 Å². The van der Waals surface area contributed by atoms with Gasteiger partial charge in [0.15, 0.2) is 5.69 Å². The van der Waals surface area contributed by atoms with Crippen molar-refractivity contribution in [1.29, 1.82) is 0 Å². The van der Waals surface area contributed by atoms with Gasteiger partial charge in [-0.3, -0.25) is 0 Å². The van der Waals surface area contributed by atoms with Crippen molar-refractivity contribution in [2.24, 2.45) is 0 Å². The predicted molar refractivity (Wildman–Crippen MR) is 111 cm³/mol. The molecule has 154 valence electrons. The number of rotatable bonds is 4. The number of halogens is 2. The molecule has 0 saturated heterocycles. The Hall–Kier alpha value is -3.20. The van der Waals surface area contributed by atoms with Gasteiger partial charge in [-0.05, 0) is 42.0 Å². The zero-order valence-electron chi connectivity index (χ0n) is 15.8. The second kappa shape index (κ2) is 8.27. The maximum Gasteiger partial charge on any atom is 0.356 e. The molecule has 0 aliphatic carbocycles. The summed E-state index contributed by atoms with van der Waals surface area (Å²) in [5.74, 6) is -1.46. The van der Waals surface area contributed by atoms with Gasteiger partial charge in [-0.25, -0.2) is 18.7 Å². The number of fused-ring (bicyclic) bond motifs is 1. The summed E-state index contributed by atoms with van der Waals surface area (Å²) in [7, 11) is 0. The molecule has 0 atom stereocenters. The molecule has 1 aliphatic rings. The van der Waals surface area contributed by atoms with Gasteiger partial charge in [0, 0.05) is 29.5 Å². The average molecular weight is 473 g/mol. The van der Waals surface area contributed by atoms with Crippen molar-refractivity contribution < 1.29 is 19.1 Å². The number of urea groups is 1. The minimum Gasteiger partial charge on any atom is -0.476 e. The first-order valence-electron chi connectivity index (χ1n) is 9.29. The molecule has 0 fully saturated rings. The quantitative estimate of drug-likeness (QED) is 0.605. The van der Waals surface area contributed by atoms with Crippen molar-refractivity contribution in [3.05, 3.63) is 81.3 Å². The molecule has 4 rings (SSSR count). The number of hydrogen-bond acceptors (Lipinski definition) is 3. The number of nitrogens with zero attached hydrogens (tertiary/aromatic N) is 3. The SMILES string of the molecule is O=C(O)c1nn(-c2ccc(Br)cc2)c2c1CN(C(=O)NCc1ccc(F)cc1)CC2. The van der Waals surface area contributed by atoms with Gasteiger partial charge in [-0.15, -0.1) is 0 Å². The van der Waals surface area contributed by atoms with Crippen molar-refractivity contribution in [2.45, 2.75) is 19.5 Å². The normalized spacial score (nSPS) is 13.1. The van der Waals surface area contributed by atoms with Crippen LogP contribution in [-0.2, 0) is 19.5 Å². The fraction of sp³-hybridized carbons (Fsp3) is 0.190. The van der Waals surface area contributed by atoms with Gasteiger partial charge in [-0.1, -0.05) is 28.1 Å². The number of carbonyl (C=O) groups excluding carboxylic acids is 1. The lowest BCUT2D eigenvalue weighted by atomic mass is 10.1. The summed E-state index contributed by atoms with van der Waals surface area (Å²) in [5.41, 5.74) is 2.81. The first-order chi connectivity index (χ1) is 14.4. The highest BCUT2D eigenvalue weighted by molar-refractivity contribution is 9.10. The van der Waals surface area contributed by atoms with Crippen LogP contribution in [0.4, 0.5) is 9.18 Å². The minimum absolute atomic E-state index is 0.0519. The third-order valence-corrected chi connectivity index (χ3v) is 5.50. The molecule has 30 heavy (non-hydrogen) atoms. The van der Waals surface area contributed by atoms with Crippen LogP contribution in [0.15, 0.2) is 53.0 Å². The molecule has 0 spiro atoms. The first-order valence-corrected chi connectivity index (χ1v) is 10.1. The van der Waals surface area contributed by atoms with Crippen LogP contribution in [0.5, 0.6) is 0 Å². The van der Waals surface area contributed by atoms with Gasteiger partial charge in [0.25, 0.3) is 0 Å². The summed E-state index contributed by atoms with van der Waals surface area (Å²) >= 11 is 3.39. The second-order valence-electron chi connectivity index (χ2n) is 6.92. The van der Waals surface area contributed by atoms with Crippen molar-refractivity contribution in [2.75, 3.05) is 6.54 Å². The number of amides is 2. The summed E-state index contributed by atoms with van der Waals surface area (Å²) in [6, 6.07) is 13.0. The Kier molecular flexibility index (Phi) is 5.54. The van der Waals surface area contributed by atoms with E-state index in [9.17, 15) is 19.1 Å². The number of benzene rings is 2. The summed E-state index contributed by atoms with van der Waals surface area (Å²) in [6.07, 6.45) is 0.482. The van der Waals surface area contributed by atoms with Crippen molar-refractivity contribution in [1.82, 2.24) is 20.0 Å². The highest BCUT2D eigenvalue weighted by Crippen LogP contribution is 2.26. The molecule has 9 heteroatoms. The van der Waals surface area contributed by atoms with Gasteiger partial charge in [-0.2, -0.15) is 5.10 Å². The molecule has 2 N–H and O–H groups in total. The lowest BCUT2D eigenvalue weighted by Crippen LogP contribution is -2.42. The molecular weight excluding hydrogens is 455 g/mol. The molecule has 2 aromatic carbocycles. The van der Waals surface area contributed by atoms with E-state index in [-0.39, 0.29) is 30.6 Å². The summed E-state index contributed by atoms with van der Waals surface area (Å²) in [5, 5.41) is 16.7. The number of carboxylic acid groups (broad SMARTS) is 1. The molecule has 1 aromatic heterocycles. The molecule has 0 radical (unpaired) electrons. The Balaban J connectivity index is 1.53. The predicted octanol–water partition coefficient (Wildman–Crippen LogP) is 3.74. The molecular formula is C21H18BrFN4O3. The van der Waals surface area contributed by atoms with Gasteiger partial charge in [0.05, 0.1) is 17.9 Å². The highest BCUT2D eigenvalue weighted by Gasteiger charge is 2.30. The van der Waals surface area contributed by atoms with Gasteiger partial charge >= 0.3 is 12.0 Å². The van der Waals surface area contributed by atoms with E-state index in [4.69, 9.17) is 0 Å². The molecule has 0 unspecified atom stereocenters. The molecule has 7 nitrogen and oxygen atoms in total. The molecule has 3 aromatic rings. The topological polar surface area (TPSA) is 87.5 Å². The number of hydrogen-bond donors (Lipinski definition) is 2. The second-order valence-corrected chi connectivity index (χ2v) is 7.84. The third-order valence-electron chi connectivity index (χ3n) is 4.98. The Morgan fingerprint density at radius 1 is 1.13 bits per heavy atom. The van der Waals surface area contributed by atoms with Gasteiger partial charge < -0.3 is 15.3 Å². The van der Waals surface area contributed by atoms with E-state index in [1.807, 2.05) is 24.3 Å². The van der Waals surface area contributed by atoms with E-state index in [1.54, 1.807) is 21.7 Å². The van der Waals surface area contributed by atoms with Crippen LogP contribution in [0.2, 0.25) is 0 Å². The zero-order chi connectivity index (χ0) is 21.3. The Labute approximate surface area is 180 Å². The van der Waals surface area contributed by atoms with E-state index >= 15 is 0 Å². The van der Waals surface area contributed by atoms with E-state index < -0.39 is 5.97 Å². The summed E-state index contributed by atoms with van der Waals surface area (Å²) in [4.78, 5) is 25.9. The van der Waals surface area contributed by atoms with E-state index in [1.165, 1.54) is 12.1 Å². The van der Waals surface area contributed by atoms with E-state index in [2.05, 4.69) is 26.3 Å². The Morgan fingerprint density at radius 3 is 2.50 bits per heavy atom. The van der Waals surface area contributed by atoms with Crippen LogP contribution < -0.4 is 5.32 Å². The highest BCUT2D eigenvalue weighted by atomic mass is 79.9. The number of aromatic carboxylic acids is 1. The fourth-order valence-electron chi connectivity index (χ4n) is 3.45. The monoisotopic (exact) mass is 472 g/mol. The maximum absolute atomic E-state index is 13.0. The zero-order valence-corrected chi connectivity index (χ0v) is 17.4. The standard InChI is InChI=1S/C21H18BrFN4O3/c22-14-3-7-16(8-4-14)27-18-9-10-26(12-17(18)19(25-27)20(28)29)21(30)24-11-13-1-5-15(23)6-2-13/h1-8H,9-12H2,(H,24,30)(H,28,29). The van der Waals surface area contributed by atoms with Crippen LogP contribution in [0.3, 0.4) is 0 Å². The lowest BCUT2D eigenvalue weighted by molar-refractivity contribution is 0.0687. The first kappa shape index (κ1) is 20.1. The van der Waals surface area contributed by atoms with Crippen molar-refractivity contribution >= 4 is 27.9 Å². The van der Waals surface area contributed by atoms with Crippen LogP contribution in [0, 0.1) is 5.82 Å². The number of carbonyl (C=O) groups is 2. The third kappa shape index (κ3) is 4.06. The summed E-state index contributed by atoms with van der Waals surface area (Å²) < 4.78 is 15.6. The van der Waals surface area contributed by atoms with E-state index in [0.717, 1.165) is 21.4 Å². The van der Waals surface area contributed by atoms with Crippen LogP contribution in [0.1, 0.15) is 27.3 Å². The summed E-state index contributed by atoms with van der Waals surface area (Å²) in [6.45, 7) is 0.846.